The summed E-state index contributed by atoms with van der Waals surface area (Å²) >= 11 is 12.8. The highest BCUT2D eigenvalue weighted by Gasteiger charge is 2.26. The van der Waals surface area contributed by atoms with Gasteiger partial charge in [-0.3, -0.25) is 0 Å². The Morgan fingerprint density at radius 3 is 2.61 bits per heavy atom. The Morgan fingerprint density at radius 1 is 1.11 bits per heavy atom. The van der Waals surface area contributed by atoms with Gasteiger partial charge in [0.1, 0.15) is 6.61 Å². The minimum atomic E-state index is -0.0222. The fraction of sp³-hybridized carbons (Fsp3) is 0.455. The van der Waals surface area contributed by atoms with Gasteiger partial charge in [0.2, 0.25) is 0 Å². The van der Waals surface area contributed by atoms with E-state index in [1.807, 2.05) is 18.2 Å². The summed E-state index contributed by atoms with van der Waals surface area (Å²) in [7, 11) is 1.69. The number of nitrogens with one attached hydrogen (secondary N) is 1. The molecular weight excluding hydrogens is 395 g/mol. The van der Waals surface area contributed by atoms with E-state index in [9.17, 15) is 0 Å². The Labute approximate surface area is 177 Å². The Morgan fingerprint density at radius 2 is 1.89 bits per heavy atom. The van der Waals surface area contributed by atoms with Gasteiger partial charge in [-0.15, -0.1) is 0 Å². The maximum Gasteiger partial charge on any atom is 0.161 e. The van der Waals surface area contributed by atoms with Crippen LogP contribution in [0.25, 0.3) is 0 Å². The van der Waals surface area contributed by atoms with Crippen LogP contribution in [0.15, 0.2) is 30.3 Å². The highest BCUT2D eigenvalue weighted by Crippen LogP contribution is 2.40. The van der Waals surface area contributed by atoms with Crippen molar-refractivity contribution < 1.29 is 9.47 Å². The summed E-state index contributed by atoms with van der Waals surface area (Å²) < 4.78 is 11.7. The molecule has 1 aliphatic heterocycles. The number of likely N-dealkylation sites (N-methyl/N-ethyl adjacent to an activating group) is 1. The molecule has 28 heavy (non-hydrogen) atoms. The fourth-order valence-electron chi connectivity index (χ4n) is 3.68. The Balaban J connectivity index is 1.91. The maximum absolute atomic E-state index is 6.51. The molecule has 1 unspecified atom stereocenters. The highest BCUT2D eigenvalue weighted by molar-refractivity contribution is 6.42. The van der Waals surface area contributed by atoms with Crippen molar-refractivity contribution in [3.8, 4) is 11.5 Å². The Kier molecular flexibility index (Phi) is 7.47. The first kappa shape index (κ1) is 21.3. The number of hydrogen-bond acceptors (Lipinski definition) is 4. The van der Waals surface area contributed by atoms with Gasteiger partial charge in [0.15, 0.2) is 11.5 Å². The van der Waals surface area contributed by atoms with E-state index in [1.54, 1.807) is 7.11 Å². The predicted octanol–water partition coefficient (Wildman–Crippen LogP) is 4.96. The molecule has 2 aromatic carbocycles. The summed E-state index contributed by atoms with van der Waals surface area (Å²) in [6.07, 6.45) is 0.931. The van der Waals surface area contributed by atoms with E-state index in [2.05, 4.69) is 36.2 Å². The van der Waals surface area contributed by atoms with Crippen molar-refractivity contribution in [3.63, 3.8) is 0 Å². The van der Waals surface area contributed by atoms with Crippen molar-refractivity contribution in [3.05, 3.63) is 57.1 Å². The lowest BCUT2D eigenvalue weighted by atomic mass is 9.89. The van der Waals surface area contributed by atoms with Crippen molar-refractivity contribution >= 4 is 23.2 Å². The number of halogens is 2. The monoisotopic (exact) mass is 422 g/mol. The van der Waals surface area contributed by atoms with Crippen LogP contribution in [0.4, 0.5) is 0 Å². The molecule has 0 amide bonds. The molecule has 0 bridgehead atoms. The van der Waals surface area contributed by atoms with Crippen molar-refractivity contribution in [2.45, 2.75) is 26.3 Å². The standard InChI is InChI=1S/C22H28Cl2N2O2/c1-4-26(5-2)11-12-28-20-14-17-15(13-19(20)27-3)9-10-25-22(17)16-7-6-8-18(23)21(16)24/h6-8,13-14,22,25H,4-5,9-12H2,1-3H3. The number of rotatable bonds is 8. The first-order valence-electron chi connectivity index (χ1n) is 9.82. The summed E-state index contributed by atoms with van der Waals surface area (Å²) in [5.74, 6) is 1.54. The van der Waals surface area contributed by atoms with Gasteiger partial charge in [-0.25, -0.2) is 0 Å². The van der Waals surface area contributed by atoms with Crippen LogP contribution in [-0.2, 0) is 6.42 Å². The molecule has 3 rings (SSSR count). The topological polar surface area (TPSA) is 33.7 Å². The average molecular weight is 423 g/mol. The molecule has 152 valence electrons. The molecular formula is C22H28Cl2N2O2. The van der Waals surface area contributed by atoms with Gasteiger partial charge in [0.05, 0.1) is 23.2 Å². The lowest BCUT2D eigenvalue weighted by Crippen LogP contribution is -2.31. The molecule has 0 aromatic heterocycles. The van der Waals surface area contributed by atoms with E-state index >= 15 is 0 Å². The zero-order valence-electron chi connectivity index (χ0n) is 16.7. The zero-order chi connectivity index (χ0) is 20.1. The number of fused-ring (bicyclic) bond motifs is 1. The van der Waals surface area contributed by atoms with Crippen LogP contribution in [0.2, 0.25) is 10.0 Å². The molecule has 1 aliphatic rings. The smallest absolute Gasteiger partial charge is 0.161 e. The van der Waals surface area contributed by atoms with Crippen LogP contribution in [0.5, 0.6) is 11.5 Å². The minimum Gasteiger partial charge on any atom is -0.493 e. The van der Waals surface area contributed by atoms with Gasteiger partial charge in [-0.05, 0) is 54.4 Å². The van der Waals surface area contributed by atoms with Gasteiger partial charge in [0, 0.05) is 13.1 Å². The number of ether oxygens (including phenoxy) is 2. The molecule has 6 heteroatoms. The molecule has 0 aliphatic carbocycles. The number of nitrogens with zero attached hydrogens (tertiary/aromatic N) is 1. The third-order valence-corrected chi connectivity index (χ3v) is 6.16. The fourth-order valence-corrected chi connectivity index (χ4v) is 4.10. The summed E-state index contributed by atoms with van der Waals surface area (Å²) in [6.45, 7) is 8.72. The summed E-state index contributed by atoms with van der Waals surface area (Å²) in [5.41, 5.74) is 3.39. The first-order chi connectivity index (χ1) is 13.6. The molecule has 0 radical (unpaired) electrons. The van der Waals surface area contributed by atoms with Gasteiger partial charge in [-0.2, -0.15) is 0 Å². The Bertz CT molecular complexity index is 809. The third kappa shape index (κ3) is 4.57. The minimum absolute atomic E-state index is 0.0222. The zero-order valence-corrected chi connectivity index (χ0v) is 18.2. The highest BCUT2D eigenvalue weighted by atomic mass is 35.5. The van der Waals surface area contributed by atoms with E-state index in [4.69, 9.17) is 32.7 Å². The van der Waals surface area contributed by atoms with E-state index in [1.165, 1.54) is 5.56 Å². The van der Waals surface area contributed by atoms with Crippen LogP contribution in [0.3, 0.4) is 0 Å². The van der Waals surface area contributed by atoms with Crippen LogP contribution in [0.1, 0.15) is 36.6 Å². The van der Waals surface area contributed by atoms with Crippen molar-refractivity contribution in [1.29, 1.82) is 0 Å². The molecule has 1 N–H and O–H groups in total. The molecule has 0 spiro atoms. The first-order valence-corrected chi connectivity index (χ1v) is 10.6. The quantitative estimate of drug-likeness (QED) is 0.651. The molecule has 4 nitrogen and oxygen atoms in total. The SMILES string of the molecule is CCN(CC)CCOc1cc2c(cc1OC)CCNC2c1cccc(Cl)c1Cl. The summed E-state index contributed by atoms with van der Waals surface area (Å²) in [5, 5.41) is 4.73. The average Bonchev–Trinajstić information content (AvgIpc) is 2.72. The molecule has 0 saturated heterocycles. The summed E-state index contributed by atoms with van der Waals surface area (Å²) in [4.78, 5) is 2.33. The second kappa shape index (κ2) is 9.84. The molecule has 1 atom stereocenters. The van der Waals surface area contributed by atoms with E-state index < -0.39 is 0 Å². The summed E-state index contributed by atoms with van der Waals surface area (Å²) in [6, 6.07) is 9.92. The lowest BCUT2D eigenvalue weighted by molar-refractivity contribution is 0.217. The van der Waals surface area contributed by atoms with Gasteiger partial charge in [0.25, 0.3) is 0 Å². The van der Waals surface area contributed by atoms with Crippen molar-refractivity contribution in [1.82, 2.24) is 10.2 Å². The largest absolute Gasteiger partial charge is 0.493 e. The lowest BCUT2D eigenvalue weighted by Gasteiger charge is -2.29. The van der Waals surface area contributed by atoms with Gasteiger partial charge < -0.3 is 19.7 Å². The second-order valence-electron chi connectivity index (χ2n) is 6.86. The van der Waals surface area contributed by atoms with Crippen LogP contribution < -0.4 is 14.8 Å². The molecule has 2 aromatic rings. The van der Waals surface area contributed by atoms with E-state index in [0.29, 0.717) is 16.7 Å². The van der Waals surface area contributed by atoms with Crippen LogP contribution in [-0.4, -0.2) is 44.8 Å². The number of methoxy groups -OCH3 is 1. The molecule has 1 heterocycles. The normalized spacial score (nSPS) is 16.1. The van der Waals surface area contributed by atoms with Crippen molar-refractivity contribution in [2.75, 3.05) is 39.9 Å². The van der Waals surface area contributed by atoms with Gasteiger partial charge in [-0.1, -0.05) is 49.2 Å². The number of benzene rings is 2. The van der Waals surface area contributed by atoms with Crippen molar-refractivity contribution in [2.24, 2.45) is 0 Å². The predicted molar refractivity (Wildman–Crippen MR) is 116 cm³/mol. The Hall–Kier alpha value is -1.46. The third-order valence-electron chi connectivity index (χ3n) is 5.33. The number of hydrogen-bond donors (Lipinski definition) is 1. The second-order valence-corrected chi connectivity index (χ2v) is 7.64. The van der Waals surface area contributed by atoms with Gasteiger partial charge >= 0.3 is 0 Å². The van der Waals surface area contributed by atoms with E-state index in [-0.39, 0.29) is 6.04 Å². The molecule has 0 saturated carbocycles. The molecule has 0 fully saturated rings. The van der Waals surface area contributed by atoms with E-state index in [0.717, 1.165) is 55.2 Å². The maximum atomic E-state index is 6.51. The van der Waals surface area contributed by atoms with Crippen LogP contribution >= 0.6 is 23.2 Å². The van der Waals surface area contributed by atoms with Crippen LogP contribution in [0, 0.1) is 0 Å².